The van der Waals surface area contributed by atoms with Crippen LogP contribution in [0.2, 0.25) is 0 Å². The first-order valence-corrected chi connectivity index (χ1v) is 23.8. The summed E-state index contributed by atoms with van der Waals surface area (Å²) in [7, 11) is 0. The van der Waals surface area contributed by atoms with E-state index in [1.807, 2.05) is 12.1 Å². The maximum Gasteiger partial charge on any atom is 0.0629 e. The zero-order valence-corrected chi connectivity index (χ0v) is 39.0. The van der Waals surface area contributed by atoms with Crippen LogP contribution in [-0.2, 0) is 10.8 Å². The Bertz CT molecular complexity index is 4480. The number of hydrogen-bond acceptors (Lipinski definition) is 0. The molecule has 0 unspecified atom stereocenters. The standard InChI is InChI=1S/C70H50/c1-69(2)63-27-13-11-25-51(63)61-39-49(29-35-65(61)69)59-41-57(47-23-15-21-45(37-47)43-17-7-5-8-18-43)53-32-34-56-60(50-30-36-66-62(40-50)52-26-12-14-28-64(52)70(66,3)4)42-58(54-31-33-55(59)67(53)68(54)56)48-24-16-22-46(38-48)44-19-9-6-10-20-44/h5-42H,1-4H3/i5D,6D,7D,8D,9D,10D,15D,16D,17D,18D,19D,20D. The first-order valence-electron chi connectivity index (χ1n) is 29.8. The van der Waals surface area contributed by atoms with Crippen LogP contribution in [0.15, 0.2) is 230 Å². The van der Waals surface area contributed by atoms with E-state index in [0.717, 1.165) is 76.8 Å². The van der Waals surface area contributed by atoms with Crippen molar-refractivity contribution in [3.8, 4) is 89.0 Å². The molecule has 2 aliphatic rings. The van der Waals surface area contributed by atoms with Crippen LogP contribution in [0.1, 0.15) is 66.4 Å². The van der Waals surface area contributed by atoms with Crippen LogP contribution in [-0.4, -0.2) is 0 Å². The van der Waals surface area contributed by atoms with Gasteiger partial charge in [-0.15, -0.1) is 0 Å². The van der Waals surface area contributed by atoms with Gasteiger partial charge in [0.25, 0.3) is 0 Å². The zero-order chi connectivity index (χ0) is 57.3. The molecule has 0 heterocycles. The highest BCUT2D eigenvalue weighted by Crippen LogP contribution is 2.54. The van der Waals surface area contributed by atoms with Crippen molar-refractivity contribution in [1.29, 1.82) is 0 Å². The molecule has 0 bridgehead atoms. The quantitative estimate of drug-likeness (QED) is 0.146. The maximum absolute atomic E-state index is 9.29. The number of hydrogen-bond donors (Lipinski definition) is 0. The van der Waals surface area contributed by atoms with Gasteiger partial charge in [0.1, 0.15) is 0 Å². The van der Waals surface area contributed by atoms with E-state index < -0.39 is 36.3 Å². The van der Waals surface area contributed by atoms with Crippen molar-refractivity contribution in [2.75, 3.05) is 0 Å². The molecule has 70 heavy (non-hydrogen) atoms. The number of fused-ring (bicyclic) bond motifs is 6. The Labute approximate surface area is 427 Å². The third kappa shape index (κ3) is 5.96. The second-order valence-electron chi connectivity index (χ2n) is 19.9. The highest BCUT2D eigenvalue weighted by molar-refractivity contribution is 6.32. The van der Waals surface area contributed by atoms with E-state index in [1.165, 1.54) is 33.4 Å². The number of benzene rings is 12. The summed E-state index contributed by atoms with van der Waals surface area (Å²) in [5, 5.41) is 5.46. The molecule has 0 aliphatic heterocycles. The molecule has 14 rings (SSSR count). The first kappa shape index (κ1) is 30.2. The fourth-order valence-electron chi connectivity index (χ4n) is 12.1. The van der Waals surface area contributed by atoms with Crippen LogP contribution in [0, 0.1) is 0 Å². The lowest BCUT2D eigenvalue weighted by Gasteiger charge is -2.23. The number of rotatable bonds is 6. The highest BCUT2D eigenvalue weighted by Gasteiger charge is 2.37. The molecule has 0 N–H and O–H groups in total. The molecular formula is C70H50. The molecule has 0 fully saturated rings. The molecule has 2 aliphatic carbocycles. The molecule has 0 saturated carbocycles. The van der Waals surface area contributed by atoms with E-state index in [1.54, 1.807) is 24.3 Å². The summed E-state index contributed by atoms with van der Waals surface area (Å²) < 4.78 is 106. The minimum absolute atomic E-state index is 0.00781. The molecule has 0 heteroatoms. The molecule has 0 spiro atoms. The van der Waals surface area contributed by atoms with E-state index >= 15 is 0 Å². The summed E-state index contributed by atoms with van der Waals surface area (Å²) in [6.45, 7) is 9.02. The van der Waals surface area contributed by atoms with E-state index in [0.29, 0.717) is 22.3 Å². The van der Waals surface area contributed by atoms with E-state index in [-0.39, 0.29) is 58.2 Å². The molecule has 0 saturated heterocycles. The lowest BCUT2D eigenvalue weighted by molar-refractivity contribution is 0.660. The SMILES string of the molecule is [2H]c1cc(-c2c([2H])c([2H])c([2H])c([2H])c2[2H])cc(-c2cc(-c3ccc4c(c3)-c3ccccc3C4(C)C)c3ccc4c(-c5cc([2H])cc(-c6c([2H])c([2H])c([2H])c([2H])c6[2H])c5)cc(-c5ccc6c(c5)-c5ccccc5C6(C)C)c5ccc2c3c45)c1. The van der Waals surface area contributed by atoms with Gasteiger partial charge in [0.15, 0.2) is 0 Å². The molecule has 12 aromatic rings. The van der Waals surface area contributed by atoms with Crippen molar-refractivity contribution in [3.63, 3.8) is 0 Å². The second-order valence-corrected chi connectivity index (χ2v) is 19.9. The fourth-order valence-corrected chi connectivity index (χ4v) is 12.1. The van der Waals surface area contributed by atoms with E-state index in [4.69, 9.17) is 13.7 Å². The van der Waals surface area contributed by atoms with Crippen LogP contribution in [0.25, 0.3) is 121 Å². The Morgan fingerprint density at radius 1 is 0.257 bits per heavy atom. The molecule has 0 amide bonds. The van der Waals surface area contributed by atoms with Crippen LogP contribution in [0.3, 0.4) is 0 Å². The van der Waals surface area contributed by atoms with E-state index in [2.05, 4.69) is 149 Å². The Morgan fingerprint density at radius 2 is 0.600 bits per heavy atom. The van der Waals surface area contributed by atoms with Crippen molar-refractivity contribution in [1.82, 2.24) is 0 Å². The van der Waals surface area contributed by atoms with Crippen molar-refractivity contribution >= 4 is 32.3 Å². The smallest absolute Gasteiger partial charge is 0.0622 e. The predicted octanol–water partition coefficient (Wildman–Crippen LogP) is 19.2. The van der Waals surface area contributed by atoms with Gasteiger partial charge in [0.05, 0.1) is 16.4 Å². The molecular weight excluding hydrogens is 841 g/mol. The molecule has 0 radical (unpaired) electrons. The van der Waals surface area contributed by atoms with Gasteiger partial charge in [-0.2, -0.15) is 0 Å². The summed E-state index contributed by atoms with van der Waals surface area (Å²) >= 11 is 0. The fraction of sp³-hybridized carbons (Fsp3) is 0.0857. The van der Waals surface area contributed by atoms with Gasteiger partial charge in [0, 0.05) is 10.8 Å². The van der Waals surface area contributed by atoms with Gasteiger partial charge >= 0.3 is 0 Å². The zero-order valence-electron chi connectivity index (χ0n) is 51.0. The van der Waals surface area contributed by atoms with Gasteiger partial charge < -0.3 is 0 Å². The summed E-state index contributed by atoms with van der Waals surface area (Å²) in [4.78, 5) is 0. The Balaban J connectivity index is 1.11. The van der Waals surface area contributed by atoms with Crippen LogP contribution >= 0.6 is 0 Å². The van der Waals surface area contributed by atoms with Crippen molar-refractivity contribution in [2.24, 2.45) is 0 Å². The lowest BCUT2D eigenvalue weighted by atomic mass is 9.80. The minimum Gasteiger partial charge on any atom is -0.0622 e. The monoisotopic (exact) mass is 902 g/mol. The van der Waals surface area contributed by atoms with Crippen molar-refractivity contribution in [2.45, 2.75) is 38.5 Å². The summed E-state index contributed by atoms with van der Waals surface area (Å²) in [5.41, 5.74) is 16.2. The molecule has 12 aromatic carbocycles. The molecule has 330 valence electrons. The predicted molar refractivity (Wildman–Crippen MR) is 298 cm³/mol. The summed E-state index contributed by atoms with van der Waals surface area (Å²) in [6, 6.07) is 49.5. The van der Waals surface area contributed by atoms with Gasteiger partial charge in [-0.05, 0) is 180 Å². The van der Waals surface area contributed by atoms with Gasteiger partial charge in [-0.1, -0.05) is 222 Å². The molecule has 0 aromatic heterocycles. The first-order chi connectivity index (χ1) is 39.1. The normalized spacial score (nSPS) is 16.3. The third-order valence-corrected chi connectivity index (χ3v) is 15.5. The van der Waals surface area contributed by atoms with Crippen LogP contribution in [0.4, 0.5) is 0 Å². The Hall–Kier alpha value is -8.32. The average molecular weight is 903 g/mol. The topological polar surface area (TPSA) is 0 Å². The summed E-state index contributed by atoms with van der Waals surface area (Å²) in [6.07, 6.45) is 0. The van der Waals surface area contributed by atoms with Crippen LogP contribution in [0.5, 0.6) is 0 Å². The van der Waals surface area contributed by atoms with E-state index in [9.17, 15) is 2.74 Å². The van der Waals surface area contributed by atoms with Gasteiger partial charge in [-0.3, -0.25) is 0 Å². The van der Waals surface area contributed by atoms with Gasteiger partial charge in [0.2, 0.25) is 0 Å². The maximum atomic E-state index is 9.29. The lowest BCUT2D eigenvalue weighted by Crippen LogP contribution is -2.14. The van der Waals surface area contributed by atoms with Crippen molar-refractivity contribution < 1.29 is 16.4 Å². The molecule has 0 atom stereocenters. The highest BCUT2D eigenvalue weighted by atomic mass is 14.4. The minimum atomic E-state index is -0.496. The Kier molecular flexibility index (Phi) is 6.52. The molecule has 0 nitrogen and oxygen atoms in total. The summed E-state index contributed by atoms with van der Waals surface area (Å²) in [5.74, 6) is 0. The van der Waals surface area contributed by atoms with Gasteiger partial charge in [-0.25, -0.2) is 0 Å². The second kappa shape index (κ2) is 15.1. The van der Waals surface area contributed by atoms with Crippen LogP contribution < -0.4 is 0 Å². The van der Waals surface area contributed by atoms with Crippen molar-refractivity contribution in [3.05, 3.63) is 252 Å². The third-order valence-electron chi connectivity index (χ3n) is 15.5. The largest absolute Gasteiger partial charge is 0.0629 e. The Morgan fingerprint density at radius 3 is 1.00 bits per heavy atom. The average Bonchev–Trinajstić information content (AvgIpc) is 3.93.